The van der Waals surface area contributed by atoms with Gasteiger partial charge in [0.15, 0.2) is 0 Å². The highest BCUT2D eigenvalue weighted by molar-refractivity contribution is 5.42. The number of rotatable bonds is 7. The standard InChI is InChI=1S/C15H27N5O2/c1-11(2)22-14-8-13(18-15(16)19-14)17-5-7-20-6-3-4-12(9-20)10-21/h8,11-12,21H,3-7,9-10H2,1-2H3,(H3,16,17,18,19). The monoisotopic (exact) mass is 309 g/mol. The van der Waals surface area contributed by atoms with Crippen LogP contribution < -0.4 is 15.8 Å². The number of aliphatic hydroxyl groups is 1. The molecule has 4 N–H and O–H groups in total. The summed E-state index contributed by atoms with van der Waals surface area (Å²) in [7, 11) is 0. The van der Waals surface area contributed by atoms with Gasteiger partial charge in [-0.05, 0) is 39.2 Å². The molecule has 0 spiro atoms. The van der Waals surface area contributed by atoms with Crippen LogP contribution in [0.2, 0.25) is 0 Å². The van der Waals surface area contributed by atoms with Gasteiger partial charge in [-0.3, -0.25) is 0 Å². The van der Waals surface area contributed by atoms with Crippen LogP contribution in [0.5, 0.6) is 5.88 Å². The summed E-state index contributed by atoms with van der Waals surface area (Å²) in [4.78, 5) is 10.6. The molecule has 0 radical (unpaired) electrons. The molecule has 0 aromatic carbocycles. The smallest absolute Gasteiger partial charge is 0.225 e. The van der Waals surface area contributed by atoms with Gasteiger partial charge in [-0.1, -0.05) is 0 Å². The van der Waals surface area contributed by atoms with Crippen molar-refractivity contribution in [2.45, 2.75) is 32.8 Å². The van der Waals surface area contributed by atoms with Gasteiger partial charge in [-0.2, -0.15) is 9.97 Å². The molecule has 1 aromatic heterocycles. The fourth-order valence-electron chi connectivity index (χ4n) is 2.68. The lowest BCUT2D eigenvalue weighted by molar-refractivity contribution is 0.123. The van der Waals surface area contributed by atoms with Gasteiger partial charge in [0.2, 0.25) is 11.8 Å². The van der Waals surface area contributed by atoms with Crippen LogP contribution in [0.3, 0.4) is 0 Å². The summed E-state index contributed by atoms with van der Waals surface area (Å²) in [6.07, 6.45) is 2.32. The van der Waals surface area contributed by atoms with E-state index in [0.717, 1.165) is 39.0 Å². The molecule has 0 aliphatic carbocycles. The molecule has 1 saturated heterocycles. The zero-order valence-corrected chi connectivity index (χ0v) is 13.5. The average Bonchev–Trinajstić information content (AvgIpc) is 2.46. The Balaban J connectivity index is 1.82. The molecule has 1 aromatic rings. The fraction of sp³-hybridized carbons (Fsp3) is 0.733. The van der Waals surface area contributed by atoms with Crippen LogP contribution in [0.4, 0.5) is 11.8 Å². The van der Waals surface area contributed by atoms with Crippen molar-refractivity contribution in [3.05, 3.63) is 6.07 Å². The number of aliphatic hydroxyl groups excluding tert-OH is 1. The maximum absolute atomic E-state index is 9.26. The number of nitrogens with zero attached hydrogens (tertiary/aromatic N) is 3. The van der Waals surface area contributed by atoms with E-state index in [-0.39, 0.29) is 18.7 Å². The molecular weight excluding hydrogens is 282 g/mol. The molecule has 7 heteroatoms. The predicted molar refractivity (Wildman–Crippen MR) is 86.9 cm³/mol. The minimum Gasteiger partial charge on any atom is -0.475 e. The number of nitrogens with two attached hydrogens (primary N) is 1. The summed E-state index contributed by atoms with van der Waals surface area (Å²) in [6.45, 7) is 7.91. The molecule has 1 unspecified atom stereocenters. The highest BCUT2D eigenvalue weighted by Crippen LogP contribution is 2.17. The molecule has 1 aliphatic rings. The van der Waals surface area contributed by atoms with Crippen molar-refractivity contribution in [3.63, 3.8) is 0 Å². The second kappa shape index (κ2) is 8.14. The molecule has 0 bridgehead atoms. The van der Waals surface area contributed by atoms with Gasteiger partial charge in [0, 0.05) is 32.3 Å². The zero-order chi connectivity index (χ0) is 15.9. The Morgan fingerprint density at radius 1 is 1.50 bits per heavy atom. The first-order valence-electron chi connectivity index (χ1n) is 7.95. The van der Waals surface area contributed by atoms with E-state index in [9.17, 15) is 5.11 Å². The number of hydrogen-bond acceptors (Lipinski definition) is 7. The third kappa shape index (κ3) is 5.31. The Kier molecular flexibility index (Phi) is 6.21. The van der Waals surface area contributed by atoms with E-state index in [4.69, 9.17) is 10.5 Å². The molecule has 2 heterocycles. The predicted octanol–water partition coefficient (Wildman–Crippen LogP) is 0.962. The molecular formula is C15H27N5O2. The Morgan fingerprint density at radius 3 is 3.05 bits per heavy atom. The van der Waals surface area contributed by atoms with Crippen molar-refractivity contribution in [1.29, 1.82) is 0 Å². The third-order valence-corrected chi connectivity index (χ3v) is 3.67. The van der Waals surface area contributed by atoms with Crippen molar-refractivity contribution in [3.8, 4) is 5.88 Å². The van der Waals surface area contributed by atoms with Crippen LogP contribution >= 0.6 is 0 Å². The summed E-state index contributed by atoms with van der Waals surface area (Å²) in [5.41, 5.74) is 5.71. The Morgan fingerprint density at radius 2 is 2.32 bits per heavy atom. The highest BCUT2D eigenvalue weighted by atomic mass is 16.5. The van der Waals surface area contributed by atoms with Crippen molar-refractivity contribution in [2.75, 3.05) is 43.8 Å². The van der Waals surface area contributed by atoms with Gasteiger partial charge in [0.1, 0.15) is 5.82 Å². The Hall–Kier alpha value is -1.60. The number of anilines is 2. The molecule has 1 aliphatic heterocycles. The van der Waals surface area contributed by atoms with Crippen LogP contribution in [0, 0.1) is 5.92 Å². The maximum Gasteiger partial charge on any atom is 0.225 e. The lowest BCUT2D eigenvalue weighted by Crippen LogP contribution is -2.39. The van der Waals surface area contributed by atoms with E-state index < -0.39 is 0 Å². The van der Waals surface area contributed by atoms with Crippen molar-refractivity contribution in [2.24, 2.45) is 5.92 Å². The normalized spacial score (nSPS) is 19.4. The SMILES string of the molecule is CC(C)Oc1cc(NCCN2CCCC(CO)C2)nc(N)n1. The molecule has 1 atom stereocenters. The Bertz CT molecular complexity index is 469. The molecule has 22 heavy (non-hydrogen) atoms. The van der Waals surface area contributed by atoms with Crippen LogP contribution in [0.25, 0.3) is 0 Å². The first kappa shape index (κ1) is 16.8. The van der Waals surface area contributed by atoms with E-state index in [1.54, 1.807) is 6.07 Å². The van der Waals surface area contributed by atoms with E-state index in [0.29, 0.717) is 17.6 Å². The van der Waals surface area contributed by atoms with Gasteiger partial charge in [-0.15, -0.1) is 0 Å². The number of likely N-dealkylation sites (tertiary alicyclic amines) is 1. The minimum absolute atomic E-state index is 0.0471. The number of nitrogens with one attached hydrogen (secondary N) is 1. The fourth-order valence-corrected chi connectivity index (χ4v) is 2.68. The van der Waals surface area contributed by atoms with Crippen molar-refractivity contribution in [1.82, 2.24) is 14.9 Å². The number of hydrogen-bond donors (Lipinski definition) is 3. The van der Waals surface area contributed by atoms with Crippen LogP contribution in [-0.2, 0) is 0 Å². The molecule has 1 fully saturated rings. The number of aromatic nitrogens is 2. The first-order chi connectivity index (χ1) is 10.6. The third-order valence-electron chi connectivity index (χ3n) is 3.67. The zero-order valence-electron chi connectivity index (χ0n) is 13.5. The summed E-state index contributed by atoms with van der Waals surface area (Å²) < 4.78 is 5.55. The maximum atomic E-state index is 9.26. The van der Waals surface area contributed by atoms with Crippen molar-refractivity contribution < 1.29 is 9.84 Å². The van der Waals surface area contributed by atoms with Crippen LogP contribution in [0.1, 0.15) is 26.7 Å². The van der Waals surface area contributed by atoms with E-state index >= 15 is 0 Å². The summed E-state index contributed by atoms with van der Waals surface area (Å²) >= 11 is 0. The second-order valence-electron chi connectivity index (χ2n) is 6.03. The second-order valence-corrected chi connectivity index (χ2v) is 6.03. The largest absolute Gasteiger partial charge is 0.475 e. The lowest BCUT2D eigenvalue weighted by Gasteiger charge is -2.31. The number of ether oxygens (including phenoxy) is 1. The van der Waals surface area contributed by atoms with Gasteiger partial charge in [0.25, 0.3) is 0 Å². The quantitative estimate of drug-likeness (QED) is 0.690. The highest BCUT2D eigenvalue weighted by Gasteiger charge is 2.18. The van der Waals surface area contributed by atoms with Crippen molar-refractivity contribution >= 4 is 11.8 Å². The lowest BCUT2D eigenvalue weighted by atomic mass is 9.99. The molecule has 124 valence electrons. The number of nitrogen functional groups attached to an aromatic ring is 1. The Labute approximate surface area is 131 Å². The molecule has 0 saturated carbocycles. The topological polar surface area (TPSA) is 96.5 Å². The summed E-state index contributed by atoms with van der Waals surface area (Å²) in [5.74, 6) is 1.79. The minimum atomic E-state index is 0.0471. The van der Waals surface area contributed by atoms with Gasteiger partial charge < -0.3 is 25.8 Å². The molecule has 0 amide bonds. The van der Waals surface area contributed by atoms with Gasteiger partial charge in [-0.25, -0.2) is 0 Å². The van der Waals surface area contributed by atoms with Gasteiger partial charge in [0.05, 0.1) is 6.10 Å². The van der Waals surface area contributed by atoms with Crippen LogP contribution in [-0.4, -0.2) is 58.9 Å². The van der Waals surface area contributed by atoms with E-state index in [2.05, 4.69) is 20.2 Å². The molecule has 2 rings (SSSR count). The van der Waals surface area contributed by atoms with E-state index in [1.807, 2.05) is 13.8 Å². The summed E-state index contributed by atoms with van der Waals surface area (Å²) in [5, 5.41) is 12.5. The molecule has 7 nitrogen and oxygen atoms in total. The first-order valence-corrected chi connectivity index (χ1v) is 7.95. The number of piperidine rings is 1. The van der Waals surface area contributed by atoms with Gasteiger partial charge >= 0.3 is 0 Å². The average molecular weight is 309 g/mol. The van der Waals surface area contributed by atoms with Crippen LogP contribution in [0.15, 0.2) is 6.07 Å². The van der Waals surface area contributed by atoms with E-state index in [1.165, 1.54) is 0 Å². The summed E-state index contributed by atoms with van der Waals surface area (Å²) in [6, 6.07) is 1.77.